The van der Waals surface area contributed by atoms with Crippen molar-refractivity contribution in [1.82, 2.24) is 15.0 Å². The summed E-state index contributed by atoms with van der Waals surface area (Å²) in [4.78, 5) is 0. The van der Waals surface area contributed by atoms with Crippen molar-refractivity contribution in [2.45, 2.75) is 18.8 Å². The lowest BCUT2D eigenvalue weighted by Crippen LogP contribution is -2.00. The molecule has 0 radical (unpaired) electrons. The third-order valence-corrected chi connectivity index (χ3v) is 2.66. The first-order chi connectivity index (χ1) is 7.65. The second kappa shape index (κ2) is 4.85. The van der Waals surface area contributed by atoms with Crippen LogP contribution >= 0.6 is 23.2 Å². The smallest absolute Gasteiger partial charge is 0.100 e. The van der Waals surface area contributed by atoms with Crippen LogP contribution < -0.4 is 0 Å². The summed E-state index contributed by atoms with van der Waals surface area (Å²) < 4.78 is 1.75. The van der Waals surface area contributed by atoms with Crippen LogP contribution in [0.1, 0.15) is 23.6 Å². The SMILES string of the molecule is CC(Cl)c1cn(Cc2cccc(Cl)c2)nn1. The zero-order chi connectivity index (χ0) is 11.5. The third-order valence-electron chi connectivity index (χ3n) is 2.20. The first-order valence-corrected chi connectivity index (χ1v) is 5.75. The van der Waals surface area contributed by atoms with Gasteiger partial charge in [0.05, 0.1) is 18.1 Å². The molecule has 2 rings (SSSR count). The Balaban J connectivity index is 2.14. The maximum absolute atomic E-state index is 5.91. The molecular formula is C11H11Cl2N3. The monoisotopic (exact) mass is 255 g/mol. The predicted octanol–water partition coefficient (Wildman–Crippen LogP) is 3.28. The highest BCUT2D eigenvalue weighted by atomic mass is 35.5. The molecule has 1 heterocycles. The van der Waals surface area contributed by atoms with Gasteiger partial charge in [0.1, 0.15) is 5.69 Å². The van der Waals surface area contributed by atoms with Crippen LogP contribution in [0.5, 0.6) is 0 Å². The molecule has 2 aromatic rings. The zero-order valence-corrected chi connectivity index (χ0v) is 10.3. The number of hydrogen-bond acceptors (Lipinski definition) is 2. The van der Waals surface area contributed by atoms with Crippen molar-refractivity contribution in [2.75, 3.05) is 0 Å². The number of aromatic nitrogens is 3. The average Bonchev–Trinajstić information content (AvgIpc) is 2.66. The molecule has 16 heavy (non-hydrogen) atoms. The highest BCUT2D eigenvalue weighted by Crippen LogP contribution is 2.16. The van der Waals surface area contributed by atoms with Crippen molar-refractivity contribution in [3.8, 4) is 0 Å². The molecule has 0 saturated heterocycles. The van der Waals surface area contributed by atoms with Crippen LogP contribution in [0.15, 0.2) is 30.5 Å². The molecule has 84 valence electrons. The van der Waals surface area contributed by atoms with E-state index in [9.17, 15) is 0 Å². The van der Waals surface area contributed by atoms with E-state index in [1.165, 1.54) is 0 Å². The van der Waals surface area contributed by atoms with E-state index in [0.717, 1.165) is 16.3 Å². The van der Waals surface area contributed by atoms with Gasteiger partial charge in [-0.2, -0.15) is 0 Å². The second-order valence-electron chi connectivity index (χ2n) is 3.59. The molecule has 0 spiro atoms. The van der Waals surface area contributed by atoms with E-state index in [0.29, 0.717) is 6.54 Å². The Labute approximate surface area is 104 Å². The Kier molecular flexibility index (Phi) is 3.46. The topological polar surface area (TPSA) is 30.7 Å². The summed E-state index contributed by atoms with van der Waals surface area (Å²) in [6.45, 7) is 2.52. The van der Waals surface area contributed by atoms with Crippen molar-refractivity contribution in [1.29, 1.82) is 0 Å². The van der Waals surface area contributed by atoms with E-state index in [4.69, 9.17) is 23.2 Å². The summed E-state index contributed by atoms with van der Waals surface area (Å²) in [7, 11) is 0. The van der Waals surface area contributed by atoms with E-state index in [-0.39, 0.29) is 5.38 Å². The van der Waals surface area contributed by atoms with Crippen molar-refractivity contribution >= 4 is 23.2 Å². The van der Waals surface area contributed by atoms with Gasteiger partial charge in [-0.05, 0) is 24.6 Å². The molecule has 0 N–H and O–H groups in total. The van der Waals surface area contributed by atoms with Crippen molar-refractivity contribution in [3.63, 3.8) is 0 Å². The standard InChI is InChI=1S/C11H11Cl2N3/c1-8(12)11-7-16(15-14-11)6-9-3-2-4-10(13)5-9/h2-5,7-8H,6H2,1H3. The van der Waals surface area contributed by atoms with Gasteiger partial charge in [0.2, 0.25) is 0 Å². The van der Waals surface area contributed by atoms with Crippen LogP contribution in [0, 0.1) is 0 Å². The summed E-state index contributed by atoms with van der Waals surface area (Å²) in [6.07, 6.45) is 1.85. The minimum atomic E-state index is -0.117. The van der Waals surface area contributed by atoms with Crippen LogP contribution in [-0.4, -0.2) is 15.0 Å². The zero-order valence-electron chi connectivity index (χ0n) is 8.77. The summed E-state index contributed by atoms with van der Waals surface area (Å²) in [5.41, 5.74) is 1.87. The number of halogens is 2. The second-order valence-corrected chi connectivity index (χ2v) is 4.68. The molecule has 0 fully saturated rings. The third kappa shape index (κ3) is 2.74. The highest BCUT2D eigenvalue weighted by molar-refractivity contribution is 6.30. The van der Waals surface area contributed by atoms with Gasteiger partial charge >= 0.3 is 0 Å². The van der Waals surface area contributed by atoms with E-state index in [1.54, 1.807) is 4.68 Å². The molecule has 1 unspecified atom stereocenters. The molecule has 0 saturated carbocycles. The van der Waals surface area contributed by atoms with Gasteiger partial charge in [-0.15, -0.1) is 16.7 Å². The maximum atomic E-state index is 5.91. The van der Waals surface area contributed by atoms with Gasteiger partial charge < -0.3 is 0 Å². The normalized spacial score (nSPS) is 12.7. The fourth-order valence-electron chi connectivity index (χ4n) is 1.40. The van der Waals surface area contributed by atoms with Crippen LogP contribution in [0.25, 0.3) is 0 Å². The summed E-state index contributed by atoms with van der Waals surface area (Å²) in [5, 5.41) is 8.59. The maximum Gasteiger partial charge on any atom is 0.100 e. The first-order valence-electron chi connectivity index (χ1n) is 4.93. The molecule has 0 amide bonds. The number of rotatable bonds is 3. The Morgan fingerprint density at radius 1 is 1.44 bits per heavy atom. The lowest BCUT2D eigenvalue weighted by Gasteiger charge is -2.01. The van der Waals surface area contributed by atoms with Gasteiger partial charge in [0.25, 0.3) is 0 Å². The number of hydrogen-bond donors (Lipinski definition) is 0. The van der Waals surface area contributed by atoms with Gasteiger partial charge in [-0.1, -0.05) is 28.9 Å². The number of benzene rings is 1. The molecule has 0 aliphatic rings. The molecule has 0 bridgehead atoms. The van der Waals surface area contributed by atoms with Crippen LogP contribution in [0.2, 0.25) is 5.02 Å². The summed E-state index contributed by atoms with van der Waals surface area (Å²) >= 11 is 11.8. The van der Waals surface area contributed by atoms with E-state index >= 15 is 0 Å². The molecular weight excluding hydrogens is 245 g/mol. The summed E-state index contributed by atoms with van der Waals surface area (Å²) in [5.74, 6) is 0. The highest BCUT2D eigenvalue weighted by Gasteiger charge is 2.06. The Bertz CT molecular complexity index is 480. The van der Waals surface area contributed by atoms with Crippen molar-refractivity contribution in [2.24, 2.45) is 0 Å². The van der Waals surface area contributed by atoms with Crippen LogP contribution in [-0.2, 0) is 6.54 Å². The average molecular weight is 256 g/mol. The Morgan fingerprint density at radius 3 is 2.88 bits per heavy atom. The molecule has 3 nitrogen and oxygen atoms in total. The summed E-state index contributed by atoms with van der Waals surface area (Å²) in [6, 6.07) is 7.67. The fourth-order valence-corrected chi connectivity index (χ4v) is 1.71. The van der Waals surface area contributed by atoms with Crippen LogP contribution in [0.3, 0.4) is 0 Å². The Morgan fingerprint density at radius 2 is 2.25 bits per heavy atom. The predicted molar refractivity (Wildman–Crippen MR) is 64.8 cm³/mol. The fraction of sp³-hybridized carbons (Fsp3) is 0.273. The molecule has 5 heteroatoms. The van der Waals surface area contributed by atoms with Gasteiger partial charge in [-0.25, -0.2) is 4.68 Å². The van der Waals surface area contributed by atoms with Gasteiger partial charge in [0, 0.05) is 5.02 Å². The largest absolute Gasteiger partial charge is 0.248 e. The molecule has 1 atom stereocenters. The molecule has 0 aliphatic carbocycles. The van der Waals surface area contributed by atoms with E-state index in [1.807, 2.05) is 37.4 Å². The number of nitrogens with zero attached hydrogens (tertiary/aromatic N) is 3. The van der Waals surface area contributed by atoms with E-state index in [2.05, 4.69) is 10.3 Å². The minimum absolute atomic E-state index is 0.117. The molecule has 1 aromatic carbocycles. The van der Waals surface area contributed by atoms with Crippen molar-refractivity contribution < 1.29 is 0 Å². The molecule has 0 aliphatic heterocycles. The molecule has 1 aromatic heterocycles. The first kappa shape index (κ1) is 11.4. The number of alkyl halides is 1. The lowest BCUT2D eigenvalue weighted by atomic mass is 10.2. The quantitative estimate of drug-likeness (QED) is 0.789. The van der Waals surface area contributed by atoms with E-state index < -0.39 is 0 Å². The lowest BCUT2D eigenvalue weighted by molar-refractivity contribution is 0.649. The Hall–Kier alpha value is -1.06. The van der Waals surface area contributed by atoms with Gasteiger partial charge in [-0.3, -0.25) is 0 Å². The van der Waals surface area contributed by atoms with Crippen LogP contribution in [0.4, 0.5) is 0 Å². The minimum Gasteiger partial charge on any atom is -0.248 e. The van der Waals surface area contributed by atoms with Gasteiger partial charge in [0.15, 0.2) is 0 Å². The van der Waals surface area contributed by atoms with Crippen molar-refractivity contribution in [3.05, 3.63) is 46.7 Å².